The lowest BCUT2D eigenvalue weighted by Crippen LogP contribution is -2.26. The van der Waals surface area contributed by atoms with Crippen molar-refractivity contribution in [2.24, 2.45) is 17.3 Å². The smallest absolute Gasteiger partial charge is 0.0655 e. The van der Waals surface area contributed by atoms with Gasteiger partial charge in [0.25, 0.3) is 0 Å². The fourth-order valence-corrected chi connectivity index (χ4v) is 2.09. The maximum atomic E-state index is 8.82. The molecule has 1 heteroatoms. The normalized spacial score (nSPS) is 31.2. The Morgan fingerprint density at radius 2 is 1.92 bits per heavy atom. The number of hydrogen-bond acceptors (Lipinski definition) is 1. The van der Waals surface area contributed by atoms with Crippen molar-refractivity contribution in [1.29, 1.82) is 5.26 Å². The van der Waals surface area contributed by atoms with Crippen molar-refractivity contribution in [3.05, 3.63) is 0 Å². The molecular weight excluding hydrogens is 146 g/mol. The molecule has 0 heterocycles. The SMILES string of the molecule is CC(C)(C)[C@H]1CCC[C@@H](C#N)C1. The molecule has 2 atom stereocenters. The Labute approximate surface area is 75.8 Å². The van der Waals surface area contributed by atoms with E-state index in [1.807, 2.05) is 0 Å². The van der Waals surface area contributed by atoms with E-state index in [1.165, 1.54) is 12.8 Å². The lowest BCUT2D eigenvalue weighted by Gasteiger charge is -2.35. The third kappa shape index (κ3) is 2.24. The van der Waals surface area contributed by atoms with Crippen LogP contribution < -0.4 is 0 Å². The van der Waals surface area contributed by atoms with Crippen LogP contribution in [0, 0.1) is 28.6 Å². The van der Waals surface area contributed by atoms with Gasteiger partial charge in [-0.3, -0.25) is 0 Å². The highest BCUT2D eigenvalue weighted by Crippen LogP contribution is 2.39. The van der Waals surface area contributed by atoms with Crippen molar-refractivity contribution in [2.45, 2.75) is 46.5 Å². The molecule has 1 aliphatic rings. The van der Waals surface area contributed by atoms with Crippen LogP contribution in [-0.2, 0) is 0 Å². The number of nitriles is 1. The van der Waals surface area contributed by atoms with Gasteiger partial charge in [-0.25, -0.2) is 0 Å². The molecule has 1 nitrogen and oxygen atoms in total. The summed E-state index contributed by atoms with van der Waals surface area (Å²) in [7, 11) is 0. The van der Waals surface area contributed by atoms with E-state index in [0.717, 1.165) is 18.8 Å². The Bertz CT molecular complexity index is 182. The van der Waals surface area contributed by atoms with Crippen molar-refractivity contribution < 1.29 is 0 Å². The van der Waals surface area contributed by atoms with Crippen LogP contribution >= 0.6 is 0 Å². The van der Waals surface area contributed by atoms with E-state index in [9.17, 15) is 0 Å². The van der Waals surface area contributed by atoms with E-state index in [0.29, 0.717) is 11.3 Å². The van der Waals surface area contributed by atoms with Crippen LogP contribution in [0.5, 0.6) is 0 Å². The Morgan fingerprint density at radius 3 is 2.42 bits per heavy atom. The van der Waals surface area contributed by atoms with Crippen LogP contribution in [0.25, 0.3) is 0 Å². The summed E-state index contributed by atoms with van der Waals surface area (Å²) in [5, 5.41) is 8.82. The highest BCUT2D eigenvalue weighted by molar-refractivity contribution is 4.90. The number of rotatable bonds is 0. The van der Waals surface area contributed by atoms with Crippen LogP contribution in [0.2, 0.25) is 0 Å². The van der Waals surface area contributed by atoms with Gasteiger partial charge < -0.3 is 0 Å². The summed E-state index contributed by atoms with van der Waals surface area (Å²) < 4.78 is 0. The van der Waals surface area contributed by atoms with Crippen molar-refractivity contribution in [2.75, 3.05) is 0 Å². The third-order valence-electron chi connectivity index (χ3n) is 3.08. The summed E-state index contributed by atoms with van der Waals surface area (Å²) in [6.07, 6.45) is 4.82. The molecule has 0 N–H and O–H groups in total. The first-order valence-electron chi connectivity index (χ1n) is 4.93. The Hall–Kier alpha value is -0.510. The molecule has 0 aliphatic heterocycles. The van der Waals surface area contributed by atoms with Gasteiger partial charge in [-0.1, -0.05) is 27.2 Å². The molecule has 0 amide bonds. The van der Waals surface area contributed by atoms with Crippen molar-refractivity contribution in [3.63, 3.8) is 0 Å². The van der Waals surface area contributed by atoms with Crippen LogP contribution in [0.4, 0.5) is 0 Å². The predicted octanol–water partition coefficient (Wildman–Crippen LogP) is 3.36. The molecule has 0 aromatic carbocycles. The highest BCUT2D eigenvalue weighted by Gasteiger charge is 2.30. The van der Waals surface area contributed by atoms with Gasteiger partial charge in [0.1, 0.15) is 0 Å². The van der Waals surface area contributed by atoms with E-state index in [4.69, 9.17) is 5.26 Å². The summed E-state index contributed by atoms with van der Waals surface area (Å²) in [5.74, 6) is 1.10. The summed E-state index contributed by atoms with van der Waals surface area (Å²) in [6.45, 7) is 6.87. The topological polar surface area (TPSA) is 23.8 Å². The number of hydrogen-bond donors (Lipinski definition) is 0. The van der Waals surface area contributed by atoms with Gasteiger partial charge in [0, 0.05) is 5.92 Å². The van der Waals surface area contributed by atoms with Gasteiger partial charge in [-0.05, 0) is 30.6 Å². The van der Waals surface area contributed by atoms with E-state index in [1.54, 1.807) is 0 Å². The fraction of sp³-hybridized carbons (Fsp3) is 0.909. The molecule has 68 valence electrons. The second-order valence-corrected chi connectivity index (χ2v) is 5.06. The van der Waals surface area contributed by atoms with Gasteiger partial charge in [0.2, 0.25) is 0 Å². The zero-order chi connectivity index (χ0) is 9.19. The van der Waals surface area contributed by atoms with Crippen molar-refractivity contribution >= 4 is 0 Å². The highest BCUT2D eigenvalue weighted by atomic mass is 14.4. The lowest BCUT2D eigenvalue weighted by molar-refractivity contribution is 0.159. The minimum Gasteiger partial charge on any atom is -0.198 e. The Kier molecular flexibility index (Phi) is 2.77. The summed E-state index contributed by atoms with van der Waals surface area (Å²) in [4.78, 5) is 0. The van der Waals surface area contributed by atoms with Crippen LogP contribution in [0.15, 0.2) is 0 Å². The van der Waals surface area contributed by atoms with Crippen LogP contribution in [0.1, 0.15) is 46.5 Å². The second-order valence-electron chi connectivity index (χ2n) is 5.06. The van der Waals surface area contributed by atoms with E-state index < -0.39 is 0 Å². The first-order valence-corrected chi connectivity index (χ1v) is 4.93. The molecule has 0 aromatic rings. The second kappa shape index (κ2) is 3.47. The quantitative estimate of drug-likeness (QED) is 0.540. The molecular formula is C11H19N. The van der Waals surface area contributed by atoms with Gasteiger partial charge >= 0.3 is 0 Å². The molecule has 0 radical (unpaired) electrons. The maximum absolute atomic E-state index is 8.82. The molecule has 1 rings (SSSR count). The van der Waals surface area contributed by atoms with Gasteiger partial charge in [0.15, 0.2) is 0 Å². The monoisotopic (exact) mass is 165 g/mol. The average molecular weight is 165 g/mol. The molecule has 1 aliphatic carbocycles. The van der Waals surface area contributed by atoms with Crippen LogP contribution in [-0.4, -0.2) is 0 Å². The van der Waals surface area contributed by atoms with Gasteiger partial charge in [-0.2, -0.15) is 5.26 Å². The summed E-state index contributed by atoms with van der Waals surface area (Å²) in [6, 6.07) is 2.41. The van der Waals surface area contributed by atoms with E-state index >= 15 is 0 Å². The van der Waals surface area contributed by atoms with E-state index in [-0.39, 0.29) is 0 Å². The zero-order valence-corrected chi connectivity index (χ0v) is 8.43. The molecule has 0 spiro atoms. The summed E-state index contributed by atoms with van der Waals surface area (Å²) >= 11 is 0. The minimum atomic E-state index is 0.336. The third-order valence-corrected chi connectivity index (χ3v) is 3.08. The minimum absolute atomic E-state index is 0.336. The van der Waals surface area contributed by atoms with Crippen molar-refractivity contribution in [3.8, 4) is 6.07 Å². The molecule has 0 aromatic heterocycles. The van der Waals surface area contributed by atoms with E-state index in [2.05, 4.69) is 26.8 Å². The Morgan fingerprint density at radius 1 is 1.25 bits per heavy atom. The molecule has 0 bridgehead atoms. The lowest BCUT2D eigenvalue weighted by atomic mass is 9.69. The maximum Gasteiger partial charge on any atom is 0.0655 e. The molecule has 1 fully saturated rings. The first kappa shape index (κ1) is 9.58. The zero-order valence-electron chi connectivity index (χ0n) is 8.43. The van der Waals surface area contributed by atoms with Gasteiger partial charge in [0.05, 0.1) is 6.07 Å². The largest absolute Gasteiger partial charge is 0.198 e. The number of nitrogens with zero attached hydrogens (tertiary/aromatic N) is 1. The molecule has 12 heavy (non-hydrogen) atoms. The van der Waals surface area contributed by atoms with Gasteiger partial charge in [-0.15, -0.1) is 0 Å². The molecule has 0 unspecified atom stereocenters. The van der Waals surface area contributed by atoms with Crippen molar-refractivity contribution in [1.82, 2.24) is 0 Å². The predicted molar refractivity (Wildman–Crippen MR) is 50.5 cm³/mol. The standard InChI is InChI=1S/C11H19N/c1-11(2,3)10-6-4-5-9(7-10)8-12/h9-10H,4-7H2,1-3H3/t9-,10+/m1/s1. The summed E-state index contributed by atoms with van der Waals surface area (Å²) in [5.41, 5.74) is 0.398. The Balaban J connectivity index is 2.53. The van der Waals surface area contributed by atoms with Crippen LogP contribution in [0.3, 0.4) is 0 Å². The average Bonchev–Trinajstić information content (AvgIpc) is 2.03. The molecule has 1 saturated carbocycles. The first-order chi connectivity index (χ1) is 5.54. The fourth-order valence-electron chi connectivity index (χ4n) is 2.09. The molecule has 0 saturated heterocycles.